The minimum Gasteiger partial charge on any atom is -0.368 e. The molecule has 7 heteroatoms. The van der Waals surface area contributed by atoms with Crippen molar-refractivity contribution in [3.8, 4) is 0 Å². The molecule has 0 bridgehead atoms. The van der Waals surface area contributed by atoms with Crippen LogP contribution in [0.2, 0.25) is 5.02 Å². The van der Waals surface area contributed by atoms with Crippen molar-refractivity contribution in [2.45, 2.75) is 13.8 Å². The standard InChI is InChI=1S/C21H21ClN6/c1-14-7-8-16(22)13-19(14)26-9-11-27(12-10-26)20-21-25-24-15(2)28(21)18-6-4-3-5-17(18)23-20/h3-8,13H,9-12H2,1-2H3. The molecule has 0 radical (unpaired) electrons. The third kappa shape index (κ3) is 2.76. The first-order valence-corrected chi connectivity index (χ1v) is 9.86. The predicted molar refractivity (Wildman–Crippen MR) is 114 cm³/mol. The zero-order valence-electron chi connectivity index (χ0n) is 15.9. The van der Waals surface area contributed by atoms with Crippen molar-refractivity contribution in [3.63, 3.8) is 0 Å². The van der Waals surface area contributed by atoms with Crippen LogP contribution in [0.15, 0.2) is 42.5 Å². The monoisotopic (exact) mass is 392 g/mol. The maximum absolute atomic E-state index is 6.22. The Morgan fingerprint density at radius 1 is 0.893 bits per heavy atom. The van der Waals surface area contributed by atoms with E-state index in [4.69, 9.17) is 16.6 Å². The summed E-state index contributed by atoms with van der Waals surface area (Å²) in [7, 11) is 0. The molecule has 0 spiro atoms. The van der Waals surface area contributed by atoms with Gasteiger partial charge in [0.05, 0.1) is 11.0 Å². The van der Waals surface area contributed by atoms with Crippen LogP contribution in [0.1, 0.15) is 11.4 Å². The summed E-state index contributed by atoms with van der Waals surface area (Å²) in [4.78, 5) is 9.64. The third-order valence-corrected chi connectivity index (χ3v) is 5.70. The number of rotatable bonds is 2. The van der Waals surface area contributed by atoms with Gasteiger partial charge in [0.2, 0.25) is 5.65 Å². The van der Waals surface area contributed by atoms with Crippen LogP contribution in [0.4, 0.5) is 11.5 Å². The Morgan fingerprint density at radius 3 is 2.46 bits per heavy atom. The average molecular weight is 393 g/mol. The fourth-order valence-corrected chi connectivity index (χ4v) is 4.17. The van der Waals surface area contributed by atoms with Gasteiger partial charge in [0.15, 0.2) is 5.82 Å². The highest BCUT2D eigenvalue weighted by atomic mass is 35.5. The minimum atomic E-state index is 0.778. The highest BCUT2D eigenvalue weighted by Crippen LogP contribution is 2.28. The molecule has 3 heterocycles. The number of benzene rings is 2. The lowest BCUT2D eigenvalue weighted by molar-refractivity contribution is 0.647. The summed E-state index contributed by atoms with van der Waals surface area (Å²) in [5.41, 5.74) is 5.28. The Labute approximate surface area is 168 Å². The van der Waals surface area contributed by atoms with Crippen molar-refractivity contribution < 1.29 is 0 Å². The fraction of sp³-hybridized carbons (Fsp3) is 0.286. The van der Waals surface area contributed by atoms with Gasteiger partial charge < -0.3 is 9.80 Å². The molecule has 1 aliphatic rings. The quantitative estimate of drug-likeness (QED) is 0.518. The molecule has 1 saturated heterocycles. The summed E-state index contributed by atoms with van der Waals surface area (Å²) in [5.74, 6) is 1.78. The van der Waals surface area contributed by atoms with E-state index in [0.29, 0.717) is 0 Å². The lowest BCUT2D eigenvalue weighted by Gasteiger charge is -2.37. The summed E-state index contributed by atoms with van der Waals surface area (Å²) < 4.78 is 2.10. The molecule has 0 atom stereocenters. The second-order valence-electron chi connectivity index (χ2n) is 7.24. The number of halogens is 1. The van der Waals surface area contributed by atoms with Gasteiger partial charge in [0.25, 0.3) is 0 Å². The first-order chi connectivity index (χ1) is 13.6. The van der Waals surface area contributed by atoms with E-state index in [2.05, 4.69) is 49.5 Å². The van der Waals surface area contributed by atoms with Crippen molar-refractivity contribution in [2.75, 3.05) is 36.0 Å². The molecule has 142 valence electrons. The summed E-state index contributed by atoms with van der Waals surface area (Å²) >= 11 is 6.22. The average Bonchev–Trinajstić information content (AvgIpc) is 3.11. The van der Waals surface area contributed by atoms with E-state index >= 15 is 0 Å². The number of nitrogens with zero attached hydrogens (tertiary/aromatic N) is 6. The Balaban J connectivity index is 1.49. The van der Waals surface area contributed by atoms with Crippen LogP contribution in [0, 0.1) is 13.8 Å². The summed E-state index contributed by atoms with van der Waals surface area (Å²) in [6, 6.07) is 14.2. The molecule has 0 saturated carbocycles. The topological polar surface area (TPSA) is 49.6 Å². The lowest BCUT2D eigenvalue weighted by atomic mass is 10.1. The summed E-state index contributed by atoms with van der Waals surface area (Å²) in [5, 5.41) is 9.51. The number of hydrogen-bond donors (Lipinski definition) is 0. The summed E-state index contributed by atoms with van der Waals surface area (Å²) in [6.45, 7) is 7.68. The van der Waals surface area contributed by atoms with Crippen molar-refractivity contribution in [2.24, 2.45) is 0 Å². The van der Waals surface area contributed by atoms with Crippen LogP contribution in [-0.4, -0.2) is 45.8 Å². The minimum absolute atomic E-state index is 0.778. The van der Waals surface area contributed by atoms with Crippen molar-refractivity contribution in [3.05, 3.63) is 58.9 Å². The smallest absolute Gasteiger partial charge is 0.204 e. The van der Waals surface area contributed by atoms with E-state index in [1.54, 1.807) is 0 Å². The Bertz CT molecular complexity index is 1180. The maximum Gasteiger partial charge on any atom is 0.204 e. The highest BCUT2D eigenvalue weighted by molar-refractivity contribution is 6.30. The van der Waals surface area contributed by atoms with Gasteiger partial charge >= 0.3 is 0 Å². The number of para-hydroxylation sites is 2. The molecule has 0 aliphatic carbocycles. The van der Waals surface area contributed by atoms with Crippen LogP contribution >= 0.6 is 11.6 Å². The van der Waals surface area contributed by atoms with E-state index in [-0.39, 0.29) is 0 Å². The normalized spacial score (nSPS) is 15.0. The molecule has 0 amide bonds. The molecule has 0 N–H and O–H groups in total. The van der Waals surface area contributed by atoms with Crippen molar-refractivity contribution >= 4 is 39.8 Å². The molecule has 6 nitrogen and oxygen atoms in total. The largest absolute Gasteiger partial charge is 0.368 e. The number of aryl methyl sites for hydroxylation is 2. The number of fused-ring (bicyclic) bond motifs is 3. The first kappa shape index (κ1) is 17.3. The van der Waals surface area contributed by atoms with Crippen LogP contribution < -0.4 is 9.80 Å². The molecule has 2 aromatic heterocycles. The van der Waals surface area contributed by atoms with Gasteiger partial charge in [0, 0.05) is 36.9 Å². The molecular weight excluding hydrogens is 372 g/mol. The lowest BCUT2D eigenvalue weighted by Crippen LogP contribution is -2.47. The fourth-order valence-electron chi connectivity index (χ4n) is 4.00. The maximum atomic E-state index is 6.22. The Hall–Kier alpha value is -2.86. The SMILES string of the molecule is Cc1ccc(Cl)cc1N1CCN(c2nc3ccccc3n3c(C)nnc23)CC1. The molecule has 1 fully saturated rings. The van der Waals surface area contributed by atoms with E-state index in [9.17, 15) is 0 Å². The molecule has 4 aromatic rings. The second kappa shape index (κ2) is 6.63. The van der Waals surface area contributed by atoms with Gasteiger partial charge in [-0.05, 0) is 43.7 Å². The van der Waals surface area contributed by atoms with Crippen LogP contribution in [0.3, 0.4) is 0 Å². The summed E-state index contributed by atoms with van der Waals surface area (Å²) in [6.07, 6.45) is 0. The second-order valence-corrected chi connectivity index (χ2v) is 7.67. The van der Waals surface area contributed by atoms with Crippen LogP contribution in [0.5, 0.6) is 0 Å². The van der Waals surface area contributed by atoms with E-state index in [1.165, 1.54) is 11.3 Å². The van der Waals surface area contributed by atoms with Crippen molar-refractivity contribution in [1.82, 2.24) is 19.6 Å². The Kier molecular flexibility index (Phi) is 4.09. The van der Waals surface area contributed by atoms with Crippen LogP contribution in [-0.2, 0) is 0 Å². The Morgan fingerprint density at radius 2 is 1.64 bits per heavy atom. The molecule has 2 aromatic carbocycles. The molecule has 1 aliphatic heterocycles. The third-order valence-electron chi connectivity index (χ3n) is 5.46. The van der Waals surface area contributed by atoms with Gasteiger partial charge in [-0.3, -0.25) is 4.40 Å². The van der Waals surface area contributed by atoms with Crippen LogP contribution in [0.25, 0.3) is 16.7 Å². The zero-order chi connectivity index (χ0) is 19.3. The molecule has 0 unspecified atom stereocenters. The van der Waals surface area contributed by atoms with Gasteiger partial charge in [0.1, 0.15) is 5.82 Å². The number of aromatic nitrogens is 4. The molecule has 5 rings (SSSR count). The van der Waals surface area contributed by atoms with Gasteiger partial charge in [-0.1, -0.05) is 29.8 Å². The first-order valence-electron chi connectivity index (χ1n) is 9.48. The number of piperazine rings is 1. The van der Waals surface area contributed by atoms with Gasteiger partial charge in [-0.2, -0.15) is 0 Å². The van der Waals surface area contributed by atoms with Crippen molar-refractivity contribution in [1.29, 1.82) is 0 Å². The predicted octanol–water partition coefficient (Wildman–Crippen LogP) is 3.87. The number of hydrogen-bond acceptors (Lipinski definition) is 5. The van der Waals surface area contributed by atoms with E-state index in [1.807, 2.05) is 31.2 Å². The van der Waals surface area contributed by atoms with E-state index < -0.39 is 0 Å². The van der Waals surface area contributed by atoms with Gasteiger partial charge in [-0.15, -0.1) is 10.2 Å². The molecule has 28 heavy (non-hydrogen) atoms. The number of anilines is 2. The van der Waals surface area contributed by atoms with Gasteiger partial charge in [-0.25, -0.2) is 4.98 Å². The van der Waals surface area contributed by atoms with E-state index in [0.717, 1.165) is 59.5 Å². The zero-order valence-corrected chi connectivity index (χ0v) is 16.7. The molecular formula is C21H21ClN6. The highest BCUT2D eigenvalue weighted by Gasteiger charge is 2.23.